The van der Waals surface area contributed by atoms with Gasteiger partial charge in [-0.25, -0.2) is 0 Å². The van der Waals surface area contributed by atoms with Crippen LogP contribution >= 0.6 is 0 Å². The summed E-state index contributed by atoms with van der Waals surface area (Å²) in [6, 6.07) is 5.58. The summed E-state index contributed by atoms with van der Waals surface area (Å²) in [6.45, 7) is 1.31. The summed E-state index contributed by atoms with van der Waals surface area (Å²) >= 11 is 0. The van der Waals surface area contributed by atoms with E-state index in [4.69, 9.17) is 4.74 Å². The average molecular weight is 363 g/mol. The van der Waals surface area contributed by atoms with Crippen molar-refractivity contribution in [3.05, 3.63) is 23.8 Å². The quantitative estimate of drug-likeness (QED) is 0.499. The number of fused-ring (bicyclic) bond motifs is 1. The minimum atomic E-state index is -1.12. The lowest BCUT2D eigenvalue weighted by Gasteiger charge is -2.23. The highest BCUT2D eigenvalue weighted by Crippen LogP contribution is 2.37. The normalized spacial score (nSPS) is 22.2. The Morgan fingerprint density at radius 1 is 1.33 bits per heavy atom. The van der Waals surface area contributed by atoms with Gasteiger partial charge in [-0.2, -0.15) is 0 Å². The third-order valence-electron chi connectivity index (χ3n) is 3.10. The smallest absolute Gasteiger partial charge is 0.212 e. The lowest BCUT2D eigenvalue weighted by Crippen LogP contribution is -3.00. The summed E-state index contributed by atoms with van der Waals surface area (Å²) in [5, 5.41) is 9.25. The standard InChI is InChI=1S/C13H18NO3.HI/c1-13(8-15)12(16)10-7-9(14(2,3)4)5-6-11(10)17-13;/h5-7,15H,8H2,1-4H3;1H/q+1;/p-1. The van der Waals surface area contributed by atoms with Crippen LogP contribution in [0.15, 0.2) is 18.2 Å². The van der Waals surface area contributed by atoms with Crippen molar-refractivity contribution in [1.82, 2.24) is 4.48 Å². The van der Waals surface area contributed by atoms with Crippen LogP contribution < -0.4 is 33.2 Å². The van der Waals surface area contributed by atoms with E-state index in [0.717, 1.165) is 5.69 Å². The van der Waals surface area contributed by atoms with Crippen LogP contribution in [-0.2, 0) is 0 Å². The molecule has 5 heteroatoms. The molecule has 1 aromatic carbocycles. The van der Waals surface area contributed by atoms with E-state index in [-0.39, 0.29) is 36.4 Å². The number of aliphatic hydroxyl groups excluding tert-OH is 1. The number of hydrogen-bond donors (Lipinski definition) is 1. The van der Waals surface area contributed by atoms with Crippen molar-refractivity contribution in [2.24, 2.45) is 0 Å². The maximum absolute atomic E-state index is 12.1. The molecule has 0 amide bonds. The second-order valence-electron chi connectivity index (χ2n) is 5.51. The number of Topliss-reactive ketones (excluding diaryl/α,β-unsaturated/α-hetero) is 1. The largest absolute Gasteiger partial charge is 1.00 e. The highest BCUT2D eigenvalue weighted by atomic mass is 127. The molecule has 18 heavy (non-hydrogen) atoms. The molecule has 0 aliphatic carbocycles. The van der Waals surface area contributed by atoms with Gasteiger partial charge in [0.15, 0.2) is 5.60 Å². The highest BCUT2D eigenvalue weighted by molar-refractivity contribution is 6.07. The number of benzene rings is 1. The number of ether oxygens (including phenoxy) is 1. The molecule has 0 saturated carbocycles. The SMILES string of the molecule is CC1(CO)Oc2ccc([N+](C)(C)C)cc2C1=O.[I-]. The molecule has 0 aromatic heterocycles. The molecule has 1 unspecified atom stereocenters. The van der Waals surface area contributed by atoms with Gasteiger partial charge < -0.3 is 33.8 Å². The number of carbonyl (C=O) groups excluding carboxylic acids is 1. The number of aliphatic hydroxyl groups is 1. The fourth-order valence-corrected chi connectivity index (χ4v) is 1.88. The molecule has 1 N–H and O–H groups in total. The zero-order valence-electron chi connectivity index (χ0n) is 11.0. The molecule has 0 bridgehead atoms. The Morgan fingerprint density at radius 3 is 2.44 bits per heavy atom. The zero-order valence-corrected chi connectivity index (χ0v) is 13.2. The number of halogens is 1. The summed E-state index contributed by atoms with van der Waals surface area (Å²) in [7, 11) is 6.10. The third kappa shape index (κ3) is 2.39. The molecule has 1 aliphatic heterocycles. The Balaban J connectivity index is 0.00000162. The molecule has 1 atom stereocenters. The van der Waals surface area contributed by atoms with E-state index < -0.39 is 5.60 Å². The average Bonchev–Trinajstić information content (AvgIpc) is 2.51. The van der Waals surface area contributed by atoms with E-state index in [1.54, 1.807) is 13.0 Å². The van der Waals surface area contributed by atoms with Gasteiger partial charge >= 0.3 is 0 Å². The van der Waals surface area contributed by atoms with Crippen LogP contribution in [0.3, 0.4) is 0 Å². The van der Waals surface area contributed by atoms with E-state index in [9.17, 15) is 9.90 Å². The van der Waals surface area contributed by atoms with E-state index >= 15 is 0 Å². The molecule has 0 radical (unpaired) electrons. The molecule has 1 aromatic rings. The second kappa shape index (κ2) is 4.79. The zero-order chi connectivity index (χ0) is 12.8. The fourth-order valence-electron chi connectivity index (χ4n) is 1.88. The first-order chi connectivity index (χ1) is 7.78. The Kier molecular flexibility index (Phi) is 4.10. The summed E-state index contributed by atoms with van der Waals surface area (Å²) < 4.78 is 6.15. The predicted molar refractivity (Wildman–Crippen MR) is 66.5 cm³/mol. The molecule has 2 rings (SSSR count). The van der Waals surface area contributed by atoms with Gasteiger partial charge in [0.1, 0.15) is 11.4 Å². The predicted octanol–water partition coefficient (Wildman–Crippen LogP) is -1.79. The maximum Gasteiger partial charge on any atom is 0.212 e. The van der Waals surface area contributed by atoms with Crippen molar-refractivity contribution in [1.29, 1.82) is 0 Å². The van der Waals surface area contributed by atoms with Crippen LogP contribution in [0.25, 0.3) is 0 Å². The first kappa shape index (κ1) is 15.4. The monoisotopic (exact) mass is 363 g/mol. The molecule has 1 aliphatic rings. The number of hydrogen-bond acceptors (Lipinski definition) is 3. The molecule has 0 saturated heterocycles. The fraction of sp³-hybridized carbons (Fsp3) is 0.462. The Labute approximate surface area is 124 Å². The molecule has 100 valence electrons. The van der Waals surface area contributed by atoms with Gasteiger partial charge in [0.25, 0.3) is 0 Å². The van der Waals surface area contributed by atoms with Crippen molar-refractivity contribution in [3.63, 3.8) is 0 Å². The summed E-state index contributed by atoms with van der Waals surface area (Å²) in [6.07, 6.45) is 0. The minimum absolute atomic E-state index is 0. The second-order valence-corrected chi connectivity index (χ2v) is 5.51. The summed E-state index contributed by atoms with van der Waals surface area (Å²) in [5.41, 5.74) is 0.473. The lowest BCUT2D eigenvalue weighted by atomic mass is 9.98. The Hall–Kier alpha value is -0.660. The minimum Gasteiger partial charge on any atom is -1.00 e. The number of nitrogens with zero attached hydrogens (tertiary/aromatic N) is 1. The first-order valence-corrected chi connectivity index (χ1v) is 5.59. The summed E-state index contributed by atoms with van der Waals surface area (Å²) in [5.74, 6) is 0.411. The van der Waals surface area contributed by atoms with Gasteiger partial charge in [0.2, 0.25) is 5.78 Å². The van der Waals surface area contributed by atoms with Crippen LogP contribution in [0.1, 0.15) is 17.3 Å². The van der Waals surface area contributed by atoms with Gasteiger partial charge in [0, 0.05) is 12.1 Å². The van der Waals surface area contributed by atoms with Gasteiger partial charge in [-0.05, 0) is 13.0 Å². The number of ketones is 1. The molecule has 0 spiro atoms. The number of rotatable bonds is 2. The van der Waals surface area contributed by atoms with Gasteiger partial charge in [0.05, 0.1) is 33.3 Å². The molecular weight excluding hydrogens is 345 g/mol. The molecular formula is C13H18INO3. The van der Waals surface area contributed by atoms with E-state index in [0.29, 0.717) is 15.8 Å². The van der Waals surface area contributed by atoms with Gasteiger partial charge in [-0.3, -0.25) is 9.28 Å². The first-order valence-electron chi connectivity index (χ1n) is 5.59. The topological polar surface area (TPSA) is 46.5 Å². The van der Waals surface area contributed by atoms with E-state index in [1.807, 2.05) is 33.3 Å². The van der Waals surface area contributed by atoms with Crippen LogP contribution in [0, 0.1) is 0 Å². The van der Waals surface area contributed by atoms with Crippen molar-refractivity contribution in [3.8, 4) is 5.75 Å². The molecule has 4 nitrogen and oxygen atoms in total. The number of quaternary nitrogens is 1. The van der Waals surface area contributed by atoms with E-state index in [2.05, 4.69) is 0 Å². The number of carbonyl (C=O) groups is 1. The van der Waals surface area contributed by atoms with Gasteiger partial charge in [-0.1, -0.05) is 0 Å². The molecule has 0 fully saturated rings. The van der Waals surface area contributed by atoms with Crippen LogP contribution in [0.4, 0.5) is 5.69 Å². The highest BCUT2D eigenvalue weighted by Gasteiger charge is 2.44. The van der Waals surface area contributed by atoms with Crippen LogP contribution in [0.2, 0.25) is 0 Å². The Bertz CT molecular complexity index is 482. The van der Waals surface area contributed by atoms with Crippen molar-refractivity contribution >= 4 is 11.5 Å². The van der Waals surface area contributed by atoms with Gasteiger partial charge in [-0.15, -0.1) is 0 Å². The van der Waals surface area contributed by atoms with Crippen molar-refractivity contribution in [2.75, 3.05) is 27.7 Å². The Morgan fingerprint density at radius 2 is 1.94 bits per heavy atom. The lowest BCUT2D eigenvalue weighted by molar-refractivity contribution is -0.0000142. The summed E-state index contributed by atoms with van der Waals surface area (Å²) in [4.78, 5) is 12.1. The van der Waals surface area contributed by atoms with Crippen molar-refractivity contribution in [2.45, 2.75) is 12.5 Å². The molecule has 1 heterocycles. The van der Waals surface area contributed by atoms with E-state index in [1.165, 1.54) is 0 Å². The van der Waals surface area contributed by atoms with Crippen LogP contribution in [-0.4, -0.2) is 44.2 Å². The maximum atomic E-state index is 12.1. The third-order valence-corrected chi connectivity index (χ3v) is 3.10. The van der Waals surface area contributed by atoms with Crippen LogP contribution in [0.5, 0.6) is 5.75 Å². The van der Waals surface area contributed by atoms with Crippen molar-refractivity contribution < 1.29 is 38.6 Å².